The normalized spacial score (nSPS) is 11.5. The standard InChI is InChI=1S/C15H11FINO3S/c16-14-7-6-12(17)10-13(14)15(19)18-22(20,21)9-8-11-4-2-1-3-5-11/h1-10H,(H,18,19)/b9-8+. The second kappa shape index (κ2) is 7.01. The first-order valence-electron chi connectivity index (χ1n) is 6.13. The van der Waals surface area contributed by atoms with E-state index in [-0.39, 0.29) is 5.56 Å². The van der Waals surface area contributed by atoms with E-state index in [4.69, 9.17) is 0 Å². The van der Waals surface area contributed by atoms with Crippen LogP contribution in [0.1, 0.15) is 15.9 Å². The molecule has 2 aromatic carbocycles. The summed E-state index contributed by atoms with van der Waals surface area (Å²) in [7, 11) is -4.01. The second-order valence-electron chi connectivity index (χ2n) is 4.31. The summed E-state index contributed by atoms with van der Waals surface area (Å²) in [4.78, 5) is 11.9. The third-order valence-corrected chi connectivity index (χ3v) is 4.28. The highest BCUT2D eigenvalue weighted by Gasteiger charge is 2.17. The molecular formula is C15H11FINO3S. The molecule has 1 N–H and O–H groups in total. The van der Waals surface area contributed by atoms with Gasteiger partial charge in [0.25, 0.3) is 15.9 Å². The Kier molecular flexibility index (Phi) is 5.30. The summed E-state index contributed by atoms with van der Waals surface area (Å²) in [6.07, 6.45) is 1.35. The van der Waals surface area contributed by atoms with Gasteiger partial charge in [-0.1, -0.05) is 30.3 Å². The number of sulfonamides is 1. The Morgan fingerprint density at radius 1 is 1.14 bits per heavy atom. The van der Waals surface area contributed by atoms with Crippen molar-refractivity contribution in [2.45, 2.75) is 0 Å². The quantitative estimate of drug-likeness (QED) is 0.757. The van der Waals surface area contributed by atoms with E-state index in [9.17, 15) is 17.6 Å². The van der Waals surface area contributed by atoms with Crippen LogP contribution in [0.25, 0.3) is 6.08 Å². The van der Waals surface area contributed by atoms with Crippen molar-refractivity contribution in [3.63, 3.8) is 0 Å². The van der Waals surface area contributed by atoms with Crippen molar-refractivity contribution < 1.29 is 17.6 Å². The summed E-state index contributed by atoms with van der Waals surface area (Å²) in [5, 5.41) is 0.867. The fraction of sp³-hybridized carbons (Fsp3) is 0. The maximum absolute atomic E-state index is 13.6. The first-order chi connectivity index (χ1) is 10.4. The van der Waals surface area contributed by atoms with Crippen LogP contribution in [-0.4, -0.2) is 14.3 Å². The van der Waals surface area contributed by atoms with Crippen molar-refractivity contribution in [2.24, 2.45) is 0 Å². The highest BCUT2D eigenvalue weighted by Crippen LogP contribution is 2.13. The Morgan fingerprint density at radius 3 is 2.50 bits per heavy atom. The van der Waals surface area contributed by atoms with E-state index in [1.54, 1.807) is 30.3 Å². The monoisotopic (exact) mass is 431 g/mol. The van der Waals surface area contributed by atoms with Gasteiger partial charge in [0.2, 0.25) is 0 Å². The van der Waals surface area contributed by atoms with E-state index in [2.05, 4.69) is 0 Å². The Morgan fingerprint density at radius 2 is 1.82 bits per heavy atom. The summed E-state index contributed by atoms with van der Waals surface area (Å²) in [6, 6.07) is 12.6. The number of nitrogens with one attached hydrogen (secondary N) is 1. The zero-order valence-corrected chi connectivity index (χ0v) is 14.1. The first kappa shape index (κ1) is 16.6. The van der Waals surface area contributed by atoms with E-state index in [1.807, 2.05) is 27.3 Å². The topological polar surface area (TPSA) is 63.2 Å². The summed E-state index contributed by atoms with van der Waals surface area (Å²) in [5.74, 6) is -1.78. The van der Waals surface area contributed by atoms with Gasteiger partial charge >= 0.3 is 0 Å². The number of halogens is 2. The molecule has 0 aliphatic rings. The average Bonchev–Trinajstić information content (AvgIpc) is 2.48. The molecule has 22 heavy (non-hydrogen) atoms. The fourth-order valence-corrected chi connectivity index (χ4v) is 2.89. The number of hydrogen-bond donors (Lipinski definition) is 1. The summed E-state index contributed by atoms with van der Waals surface area (Å²) >= 11 is 1.91. The van der Waals surface area contributed by atoms with Crippen molar-refractivity contribution in [3.8, 4) is 0 Å². The average molecular weight is 431 g/mol. The van der Waals surface area contributed by atoms with Gasteiger partial charge < -0.3 is 0 Å². The smallest absolute Gasteiger partial charge is 0.267 e. The zero-order valence-electron chi connectivity index (χ0n) is 11.2. The number of benzene rings is 2. The van der Waals surface area contributed by atoms with Gasteiger partial charge in [-0.25, -0.2) is 17.5 Å². The van der Waals surface area contributed by atoms with Crippen LogP contribution in [0.2, 0.25) is 0 Å². The maximum Gasteiger partial charge on any atom is 0.267 e. The Labute approximate surface area is 141 Å². The molecule has 0 saturated heterocycles. The van der Waals surface area contributed by atoms with Crippen molar-refractivity contribution in [1.82, 2.24) is 4.72 Å². The molecule has 0 aliphatic heterocycles. The van der Waals surface area contributed by atoms with Gasteiger partial charge in [-0.15, -0.1) is 0 Å². The van der Waals surface area contributed by atoms with Crippen molar-refractivity contribution in [1.29, 1.82) is 0 Å². The first-order valence-corrected chi connectivity index (χ1v) is 8.75. The van der Waals surface area contributed by atoms with Crippen LogP contribution in [0.4, 0.5) is 4.39 Å². The molecule has 4 nitrogen and oxygen atoms in total. The van der Waals surface area contributed by atoms with Crippen molar-refractivity contribution in [3.05, 3.63) is 74.5 Å². The molecular weight excluding hydrogens is 420 g/mol. The lowest BCUT2D eigenvalue weighted by molar-refractivity contribution is 0.0978. The molecule has 2 rings (SSSR count). The number of hydrogen-bond acceptors (Lipinski definition) is 3. The summed E-state index contributed by atoms with van der Waals surface area (Å²) in [6.45, 7) is 0. The van der Waals surface area contributed by atoms with Gasteiger partial charge in [0.15, 0.2) is 0 Å². The van der Waals surface area contributed by atoms with Gasteiger partial charge in [-0.2, -0.15) is 0 Å². The fourth-order valence-electron chi connectivity index (χ4n) is 1.62. The lowest BCUT2D eigenvalue weighted by Crippen LogP contribution is -2.29. The summed E-state index contributed by atoms with van der Waals surface area (Å²) in [5.41, 5.74) is 0.351. The molecule has 1 amide bonds. The van der Waals surface area contributed by atoms with Gasteiger partial charge in [-0.3, -0.25) is 4.79 Å². The Bertz CT molecular complexity index is 820. The van der Waals surface area contributed by atoms with Crippen LogP contribution in [0.15, 0.2) is 53.9 Å². The van der Waals surface area contributed by atoms with Crippen LogP contribution >= 0.6 is 22.6 Å². The van der Waals surface area contributed by atoms with E-state index < -0.39 is 21.7 Å². The predicted molar refractivity (Wildman–Crippen MR) is 91.0 cm³/mol. The minimum atomic E-state index is -4.01. The molecule has 7 heteroatoms. The third-order valence-electron chi connectivity index (χ3n) is 2.65. The number of rotatable bonds is 4. The SMILES string of the molecule is O=C(NS(=O)(=O)/C=C/c1ccccc1)c1cc(I)ccc1F. The molecule has 2 aromatic rings. The molecule has 0 radical (unpaired) electrons. The largest absolute Gasteiger partial charge is 0.268 e. The van der Waals surface area contributed by atoms with E-state index in [0.29, 0.717) is 9.13 Å². The van der Waals surface area contributed by atoms with Gasteiger partial charge in [0.05, 0.1) is 11.0 Å². The van der Waals surface area contributed by atoms with Gasteiger partial charge in [-0.05, 0) is 52.4 Å². The highest BCUT2D eigenvalue weighted by molar-refractivity contribution is 14.1. The number of carbonyl (C=O) groups excluding carboxylic acids is 1. The molecule has 0 saturated carbocycles. The van der Waals surface area contributed by atoms with Crippen LogP contribution < -0.4 is 4.72 Å². The molecule has 0 heterocycles. The molecule has 114 valence electrons. The number of carbonyl (C=O) groups is 1. The molecule has 0 aliphatic carbocycles. The lowest BCUT2D eigenvalue weighted by atomic mass is 10.2. The molecule has 0 atom stereocenters. The molecule has 0 unspecified atom stereocenters. The Balaban J connectivity index is 2.16. The third kappa shape index (κ3) is 4.63. The minimum absolute atomic E-state index is 0.316. The maximum atomic E-state index is 13.6. The van der Waals surface area contributed by atoms with Crippen LogP contribution in [-0.2, 0) is 10.0 Å². The van der Waals surface area contributed by atoms with Crippen molar-refractivity contribution in [2.75, 3.05) is 0 Å². The van der Waals surface area contributed by atoms with E-state index in [1.165, 1.54) is 18.2 Å². The van der Waals surface area contributed by atoms with Gasteiger partial charge in [0, 0.05) is 3.57 Å². The van der Waals surface area contributed by atoms with E-state index in [0.717, 1.165) is 11.5 Å². The Hall–Kier alpha value is -1.74. The van der Waals surface area contributed by atoms with Crippen LogP contribution in [0.3, 0.4) is 0 Å². The lowest BCUT2D eigenvalue weighted by Gasteiger charge is -2.05. The predicted octanol–water partition coefficient (Wildman–Crippen LogP) is 3.16. The highest BCUT2D eigenvalue weighted by atomic mass is 127. The van der Waals surface area contributed by atoms with Crippen molar-refractivity contribution >= 4 is 44.6 Å². The second-order valence-corrected chi connectivity index (χ2v) is 7.13. The van der Waals surface area contributed by atoms with Gasteiger partial charge in [0.1, 0.15) is 5.82 Å². The molecule has 0 aromatic heterocycles. The van der Waals surface area contributed by atoms with E-state index >= 15 is 0 Å². The van der Waals surface area contributed by atoms with Crippen LogP contribution in [0.5, 0.6) is 0 Å². The molecule has 0 fully saturated rings. The number of amides is 1. The minimum Gasteiger partial charge on any atom is -0.268 e. The molecule has 0 spiro atoms. The summed E-state index contributed by atoms with van der Waals surface area (Å²) < 4.78 is 39.7. The van der Waals surface area contributed by atoms with Crippen LogP contribution in [0, 0.1) is 9.39 Å². The molecule has 0 bridgehead atoms. The zero-order chi connectivity index (χ0) is 16.2.